The van der Waals surface area contributed by atoms with E-state index < -0.39 is 6.04 Å². The Labute approximate surface area is 129 Å². The van der Waals surface area contributed by atoms with E-state index in [9.17, 15) is 4.79 Å². The lowest BCUT2D eigenvalue weighted by atomic mass is 10.1. The van der Waals surface area contributed by atoms with Crippen molar-refractivity contribution in [1.29, 1.82) is 0 Å². The molecule has 0 fully saturated rings. The molecule has 0 spiro atoms. The molecule has 0 bridgehead atoms. The molecule has 2 aromatic rings. The van der Waals surface area contributed by atoms with Crippen molar-refractivity contribution >= 4 is 51.5 Å². The molecule has 0 aromatic heterocycles. The molecule has 5 heteroatoms. The molecule has 0 aliphatic carbocycles. The summed E-state index contributed by atoms with van der Waals surface area (Å²) >= 11 is 8.24. The maximum Gasteiger partial charge on any atom is 0.251 e. The fourth-order valence-electron chi connectivity index (χ4n) is 2.11. The first-order chi connectivity index (χ1) is 9.15. The van der Waals surface area contributed by atoms with E-state index in [0.29, 0.717) is 5.02 Å². The molecule has 2 aromatic carbocycles. The highest BCUT2D eigenvalue weighted by molar-refractivity contribution is 14.1. The predicted octanol–water partition coefficient (Wildman–Crippen LogP) is 4.05. The van der Waals surface area contributed by atoms with Gasteiger partial charge in [-0.3, -0.25) is 4.79 Å². The maximum absolute atomic E-state index is 12.0. The number of amides is 1. The first-order valence-electron chi connectivity index (χ1n) is 5.76. The normalized spacial score (nSPS) is 16.9. The molecule has 19 heavy (non-hydrogen) atoms. The zero-order valence-electron chi connectivity index (χ0n) is 9.78. The van der Waals surface area contributed by atoms with Gasteiger partial charge in [0.2, 0.25) is 0 Å². The van der Waals surface area contributed by atoms with Gasteiger partial charge in [-0.1, -0.05) is 23.7 Å². The van der Waals surface area contributed by atoms with Crippen LogP contribution in [0.3, 0.4) is 0 Å². The third-order valence-electron chi connectivity index (χ3n) is 3.02. The van der Waals surface area contributed by atoms with Crippen LogP contribution in [0.4, 0.5) is 11.4 Å². The van der Waals surface area contributed by atoms with E-state index in [0.717, 1.165) is 20.5 Å². The van der Waals surface area contributed by atoms with Gasteiger partial charge in [0.25, 0.3) is 5.91 Å². The van der Waals surface area contributed by atoms with Crippen molar-refractivity contribution < 1.29 is 4.79 Å². The average Bonchev–Trinajstić information content (AvgIpc) is 2.69. The summed E-state index contributed by atoms with van der Waals surface area (Å²) in [5, 5.41) is 6.75. The summed E-state index contributed by atoms with van der Waals surface area (Å²) in [5.41, 5.74) is 2.64. The second-order valence-electron chi connectivity index (χ2n) is 4.28. The third-order valence-corrected chi connectivity index (χ3v) is 4.19. The Morgan fingerprint density at radius 3 is 2.79 bits per heavy atom. The van der Waals surface area contributed by atoms with Crippen LogP contribution in [0, 0.1) is 3.57 Å². The van der Waals surface area contributed by atoms with Crippen molar-refractivity contribution in [2.75, 3.05) is 10.6 Å². The van der Waals surface area contributed by atoms with Crippen LogP contribution in [-0.4, -0.2) is 5.91 Å². The quantitative estimate of drug-likeness (QED) is 0.767. The first-order valence-corrected chi connectivity index (χ1v) is 7.22. The molecule has 3 rings (SSSR count). The smallest absolute Gasteiger partial charge is 0.251 e. The lowest BCUT2D eigenvalue weighted by molar-refractivity contribution is -0.116. The van der Waals surface area contributed by atoms with Crippen molar-refractivity contribution in [3.8, 4) is 0 Å². The lowest BCUT2D eigenvalue weighted by Crippen LogP contribution is -2.20. The summed E-state index contributed by atoms with van der Waals surface area (Å²) < 4.78 is 1.07. The Kier molecular flexibility index (Phi) is 3.36. The Balaban J connectivity index is 1.97. The van der Waals surface area contributed by atoms with E-state index in [4.69, 9.17) is 11.6 Å². The molecule has 96 valence electrons. The van der Waals surface area contributed by atoms with Crippen molar-refractivity contribution in [3.63, 3.8) is 0 Å². The van der Waals surface area contributed by atoms with Gasteiger partial charge in [0.15, 0.2) is 0 Å². The summed E-state index contributed by atoms with van der Waals surface area (Å²) in [6, 6.07) is 12.9. The van der Waals surface area contributed by atoms with Crippen molar-refractivity contribution in [2.24, 2.45) is 0 Å². The second-order valence-corrected chi connectivity index (χ2v) is 5.88. The highest BCUT2D eigenvalue weighted by Crippen LogP contribution is 2.35. The predicted molar refractivity (Wildman–Crippen MR) is 85.6 cm³/mol. The van der Waals surface area contributed by atoms with Gasteiger partial charge < -0.3 is 10.6 Å². The van der Waals surface area contributed by atoms with E-state index in [2.05, 4.69) is 33.2 Å². The van der Waals surface area contributed by atoms with Crippen molar-refractivity contribution in [2.45, 2.75) is 6.04 Å². The monoisotopic (exact) mass is 384 g/mol. The minimum atomic E-state index is -0.399. The highest BCUT2D eigenvalue weighted by atomic mass is 127. The molecular formula is C14H10ClIN2O. The Bertz CT molecular complexity index is 660. The SMILES string of the molecule is O=C1Nc2ccc(Cl)cc2C1Nc1ccccc1I. The van der Waals surface area contributed by atoms with Crippen LogP contribution in [0.2, 0.25) is 5.02 Å². The van der Waals surface area contributed by atoms with Gasteiger partial charge in [0, 0.05) is 25.5 Å². The van der Waals surface area contributed by atoms with E-state index in [1.807, 2.05) is 36.4 Å². The molecule has 1 atom stereocenters. The van der Waals surface area contributed by atoms with Crippen LogP contribution in [0.1, 0.15) is 11.6 Å². The first kappa shape index (κ1) is 12.7. The van der Waals surface area contributed by atoms with Crippen LogP contribution < -0.4 is 10.6 Å². The number of fused-ring (bicyclic) bond motifs is 1. The van der Waals surface area contributed by atoms with Crippen LogP contribution in [0.15, 0.2) is 42.5 Å². The van der Waals surface area contributed by atoms with Gasteiger partial charge in [0.05, 0.1) is 0 Å². The molecule has 1 aliphatic rings. The average molecular weight is 385 g/mol. The minimum Gasteiger partial charge on any atom is -0.369 e. The van der Waals surface area contributed by atoms with E-state index >= 15 is 0 Å². The fraction of sp³-hybridized carbons (Fsp3) is 0.0714. The largest absolute Gasteiger partial charge is 0.369 e. The molecule has 1 unspecified atom stereocenters. The number of carbonyl (C=O) groups is 1. The molecule has 1 heterocycles. The number of anilines is 2. The van der Waals surface area contributed by atoms with E-state index in [1.165, 1.54) is 0 Å². The van der Waals surface area contributed by atoms with Gasteiger partial charge in [-0.05, 0) is 52.9 Å². The molecule has 3 nitrogen and oxygen atoms in total. The number of halogens is 2. The molecule has 0 saturated heterocycles. The summed E-state index contributed by atoms with van der Waals surface area (Å²) in [6.07, 6.45) is 0. The Morgan fingerprint density at radius 2 is 2.00 bits per heavy atom. The maximum atomic E-state index is 12.0. The van der Waals surface area contributed by atoms with Crippen molar-refractivity contribution in [1.82, 2.24) is 0 Å². The topological polar surface area (TPSA) is 41.1 Å². The number of para-hydroxylation sites is 1. The lowest BCUT2D eigenvalue weighted by Gasteiger charge is -2.14. The number of nitrogens with one attached hydrogen (secondary N) is 2. The standard InChI is InChI=1S/C14H10ClIN2O/c15-8-5-6-11-9(7-8)13(14(19)18-11)17-12-4-2-1-3-10(12)16/h1-7,13,17H,(H,18,19). The summed E-state index contributed by atoms with van der Waals surface area (Å²) in [5.74, 6) is -0.0584. The summed E-state index contributed by atoms with van der Waals surface area (Å²) in [6.45, 7) is 0. The Hall–Kier alpha value is -1.27. The van der Waals surface area contributed by atoms with Crippen LogP contribution >= 0.6 is 34.2 Å². The zero-order chi connectivity index (χ0) is 13.4. The second kappa shape index (κ2) is 5.02. The third kappa shape index (κ3) is 2.42. The number of rotatable bonds is 2. The van der Waals surface area contributed by atoms with Gasteiger partial charge in [-0.15, -0.1) is 0 Å². The summed E-state index contributed by atoms with van der Waals surface area (Å²) in [4.78, 5) is 12.0. The van der Waals surface area contributed by atoms with Gasteiger partial charge in [-0.2, -0.15) is 0 Å². The number of carbonyl (C=O) groups excluding carboxylic acids is 1. The van der Waals surface area contributed by atoms with E-state index in [1.54, 1.807) is 6.07 Å². The molecule has 2 N–H and O–H groups in total. The molecule has 0 saturated carbocycles. The number of hydrogen-bond donors (Lipinski definition) is 2. The van der Waals surface area contributed by atoms with Crippen LogP contribution in [-0.2, 0) is 4.79 Å². The molecule has 0 radical (unpaired) electrons. The molecular weight excluding hydrogens is 375 g/mol. The van der Waals surface area contributed by atoms with Crippen LogP contribution in [0.5, 0.6) is 0 Å². The minimum absolute atomic E-state index is 0.0584. The highest BCUT2D eigenvalue weighted by Gasteiger charge is 2.30. The van der Waals surface area contributed by atoms with Crippen molar-refractivity contribution in [3.05, 3.63) is 56.6 Å². The molecule has 1 amide bonds. The van der Waals surface area contributed by atoms with Crippen LogP contribution in [0.25, 0.3) is 0 Å². The van der Waals surface area contributed by atoms with E-state index in [-0.39, 0.29) is 5.91 Å². The van der Waals surface area contributed by atoms with Gasteiger partial charge in [-0.25, -0.2) is 0 Å². The number of hydrogen-bond acceptors (Lipinski definition) is 2. The summed E-state index contributed by atoms with van der Waals surface area (Å²) in [7, 11) is 0. The fourth-order valence-corrected chi connectivity index (χ4v) is 2.83. The Morgan fingerprint density at radius 1 is 1.21 bits per heavy atom. The van der Waals surface area contributed by atoms with Gasteiger partial charge in [0.1, 0.15) is 6.04 Å². The molecule has 1 aliphatic heterocycles. The number of benzene rings is 2. The van der Waals surface area contributed by atoms with Gasteiger partial charge >= 0.3 is 0 Å². The zero-order valence-corrected chi connectivity index (χ0v) is 12.7.